The summed E-state index contributed by atoms with van der Waals surface area (Å²) in [6, 6.07) is 8.79. The van der Waals surface area contributed by atoms with Gasteiger partial charge in [0.15, 0.2) is 5.13 Å². The number of hydrogen-bond donors (Lipinski definition) is 2. The van der Waals surface area contributed by atoms with Gasteiger partial charge in [0.1, 0.15) is 5.76 Å². The molecule has 0 aliphatic carbocycles. The van der Waals surface area contributed by atoms with Gasteiger partial charge in [-0.2, -0.15) is 4.98 Å². The van der Waals surface area contributed by atoms with E-state index in [1.807, 2.05) is 32.9 Å². The minimum absolute atomic E-state index is 0.0820. The van der Waals surface area contributed by atoms with E-state index in [4.69, 9.17) is 8.94 Å². The van der Waals surface area contributed by atoms with Crippen molar-refractivity contribution in [3.8, 4) is 11.4 Å². The first-order valence-electron chi connectivity index (χ1n) is 10.2. The lowest BCUT2D eigenvalue weighted by Gasteiger charge is -2.10. The maximum atomic E-state index is 12.4. The van der Waals surface area contributed by atoms with Crippen LogP contribution in [0.15, 0.2) is 50.9 Å². The van der Waals surface area contributed by atoms with Gasteiger partial charge in [-0.25, -0.2) is 4.98 Å². The van der Waals surface area contributed by atoms with Gasteiger partial charge in [0.2, 0.25) is 17.6 Å². The Balaban J connectivity index is 1.33. The Kier molecular flexibility index (Phi) is 6.10. The summed E-state index contributed by atoms with van der Waals surface area (Å²) < 4.78 is 10.5. The van der Waals surface area contributed by atoms with Gasteiger partial charge >= 0.3 is 0 Å². The number of anilines is 2. The van der Waals surface area contributed by atoms with Crippen LogP contribution >= 0.6 is 11.3 Å². The standard InChI is InChI=1S/C23H23N5O4S/c1-13-17(9-10-31-13)20(30)27-22-25-16(12-33-22)11-18(29)24-15-7-5-14(6-8-15)19-26-21(32-28-19)23(2,3)4/h5-10,12H,11H2,1-4H3,(H,24,29)(H,25,27,30). The molecule has 0 bridgehead atoms. The highest BCUT2D eigenvalue weighted by atomic mass is 32.1. The van der Waals surface area contributed by atoms with Crippen molar-refractivity contribution in [2.45, 2.75) is 39.5 Å². The highest BCUT2D eigenvalue weighted by Crippen LogP contribution is 2.25. The average molecular weight is 466 g/mol. The number of hydrogen-bond acceptors (Lipinski definition) is 8. The molecule has 1 aromatic carbocycles. The molecule has 2 amide bonds. The number of carbonyl (C=O) groups excluding carboxylic acids is 2. The topological polar surface area (TPSA) is 123 Å². The SMILES string of the molecule is Cc1occc1C(=O)Nc1nc(CC(=O)Nc2ccc(-c3noc(C(C)(C)C)n3)cc2)cs1. The summed E-state index contributed by atoms with van der Waals surface area (Å²) in [5, 5.41) is 11.7. The summed E-state index contributed by atoms with van der Waals surface area (Å²) in [4.78, 5) is 33.4. The Hall–Kier alpha value is -3.79. The zero-order chi connectivity index (χ0) is 23.6. The Morgan fingerprint density at radius 1 is 1.06 bits per heavy atom. The second-order valence-electron chi connectivity index (χ2n) is 8.46. The fourth-order valence-electron chi connectivity index (χ4n) is 2.95. The Morgan fingerprint density at radius 3 is 2.45 bits per heavy atom. The average Bonchev–Trinajstić information content (AvgIpc) is 3.49. The van der Waals surface area contributed by atoms with Gasteiger partial charge < -0.3 is 14.3 Å². The van der Waals surface area contributed by atoms with E-state index in [9.17, 15) is 9.59 Å². The molecule has 4 rings (SSSR count). The highest BCUT2D eigenvalue weighted by molar-refractivity contribution is 7.14. The van der Waals surface area contributed by atoms with Crippen LogP contribution in [0.1, 0.15) is 48.5 Å². The molecule has 9 nitrogen and oxygen atoms in total. The minimum atomic E-state index is -0.303. The van der Waals surface area contributed by atoms with E-state index in [-0.39, 0.29) is 23.7 Å². The summed E-state index contributed by atoms with van der Waals surface area (Å²) in [6.07, 6.45) is 1.54. The summed E-state index contributed by atoms with van der Waals surface area (Å²) in [5.41, 5.74) is 2.22. The van der Waals surface area contributed by atoms with Crippen molar-refractivity contribution in [3.63, 3.8) is 0 Å². The second kappa shape index (κ2) is 8.99. The van der Waals surface area contributed by atoms with Gasteiger partial charge in [0.05, 0.1) is 23.9 Å². The number of furan rings is 1. The van der Waals surface area contributed by atoms with Crippen LogP contribution in [0.2, 0.25) is 0 Å². The molecule has 0 atom stereocenters. The van der Waals surface area contributed by atoms with Crippen LogP contribution < -0.4 is 10.6 Å². The van der Waals surface area contributed by atoms with Crippen molar-refractivity contribution in [1.29, 1.82) is 0 Å². The number of carbonyl (C=O) groups is 2. The van der Waals surface area contributed by atoms with Crippen LogP contribution in [0, 0.1) is 6.92 Å². The van der Waals surface area contributed by atoms with Crippen molar-refractivity contribution in [3.05, 3.63) is 64.9 Å². The van der Waals surface area contributed by atoms with Crippen molar-refractivity contribution < 1.29 is 18.5 Å². The maximum Gasteiger partial charge on any atom is 0.260 e. The van der Waals surface area contributed by atoms with E-state index in [2.05, 4.69) is 25.8 Å². The first-order chi connectivity index (χ1) is 15.7. The van der Waals surface area contributed by atoms with Crippen LogP contribution in [0.5, 0.6) is 0 Å². The zero-order valence-corrected chi connectivity index (χ0v) is 19.4. The number of nitrogens with one attached hydrogen (secondary N) is 2. The van der Waals surface area contributed by atoms with Crippen molar-refractivity contribution in [2.24, 2.45) is 0 Å². The molecule has 10 heteroatoms. The monoisotopic (exact) mass is 465 g/mol. The van der Waals surface area contributed by atoms with E-state index in [0.717, 1.165) is 5.56 Å². The fourth-order valence-corrected chi connectivity index (χ4v) is 3.65. The normalized spacial score (nSPS) is 11.4. The lowest BCUT2D eigenvalue weighted by molar-refractivity contribution is -0.115. The number of benzene rings is 1. The lowest BCUT2D eigenvalue weighted by Crippen LogP contribution is -2.15. The highest BCUT2D eigenvalue weighted by Gasteiger charge is 2.22. The largest absolute Gasteiger partial charge is 0.469 e. The molecule has 0 unspecified atom stereocenters. The lowest BCUT2D eigenvalue weighted by atomic mass is 9.97. The molecule has 0 spiro atoms. The van der Waals surface area contributed by atoms with Gasteiger partial charge in [-0.3, -0.25) is 14.9 Å². The molecule has 0 saturated heterocycles. The fraction of sp³-hybridized carbons (Fsp3) is 0.261. The Morgan fingerprint density at radius 2 is 1.82 bits per heavy atom. The summed E-state index contributed by atoms with van der Waals surface area (Å²) in [7, 11) is 0. The Labute approximate surface area is 194 Å². The van der Waals surface area contributed by atoms with Gasteiger partial charge in [0, 0.05) is 22.0 Å². The summed E-state index contributed by atoms with van der Waals surface area (Å²) >= 11 is 1.26. The number of amides is 2. The van der Waals surface area contributed by atoms with Crippen LogP contribution in [0.4, 0.5) is 10.8 Å². The number of nitrogens with zero attached hydrogens (tertiary/aromatic N) is 3. The predicted molar refractivity (Wildman–Crippen MR) is 124 cm³/mol. The molecule has 33 heavy (non-hydrogen) atoms. The smallest absolute Gasteiger partial charge is 0.260 e. The first kappa shape index (κ1) is 22.4. The quantitative estimate of drug-likeness (QED) is 0.418. The predicted octanol–water partition coefficient (Wildman–Crippen LogP) is 4.83. The third-order valence-electron chi connectivity index (χ3n) is 4.71. The summed E-state index contributed by atoms with van der Waals surface area (Å²) in [5.74, 6) is 1.08. The second-order valence-corrected chi connectivity index (χ2v) is 9.32. The van der Waals surface area contributed by atoms with E-state index >= 15 is 0 Å². The van der Waals surface area contributed by atoms with Crippen LogP contribution in [0.3, 0.4) is 0 Å². The molecule has 4 aromatic rings. The molecular formula is C23H23N5O4S. The molecule has 0 saturated carbocycles. The number of aryl methyl sites for hydroxylation is 1. The van der Waals surface area contributed by atoms with E-state index in [0.29, 0.717) is 39.6 Å². The molecule has 0 aliphatic heterocycles. The molecule has 0 fully saturated rings. The van der Waals surface area contributed by atoms with Gasteiger partial charge in [-0.05, 0) is 37.3 Å². The Bertz CT molecular complexity index is 1280. The van der Waals surface area contributed by atoms with Gasteiger partial charge in [0.25, 0.3) is 5.91 Å². The number of aromatic nitrogens is 3. The molecule has 3 heterocycles. The van der Waals surface area contributed by atoms with Crippen LogP contribution in [0.25, 0.3) is 11.4 Å². The molecule has 0 aliphatic rings. The first-order valence-corrected chi connectivity index (χ1v) is 11.1. The van der Waals surface area contributed by atoms with Crippen molar-refractivity contribution in [1.82, 2.24) is 15.1 Å². The van der Waals surface area contributed by atoms with Crippen molar-refractivity contribution in [2.75, 3.05) is 10.6 Å². The van der Waals surface area contributed by atoms with Crippen LogP contribution in [-0.4, -0.2) is 26.9 Å². The molecule has 170 valence electrons. The molecular weight excluding hydrogens is 442 g/mol. The number of rotatable bonds is 6. The maximum absolute atomic E-state index is 12.4. The third kappa shape index (κ3) is 5.35. The minimum Gasteiger partial charge on any atom is -0.469 e. The number of thiazole rings is 1. The summed E-state index contributed by atoms with van der Waals surface area (Å²) in [6.45, 7) is 7.72. The van der Waals surface area contributed by atoms with E-state index in [1.165, 1.54) is 17.6 Å². The van der Waals surface area contributed by atoms with E-state index < -0.39 is 0 Å². The van der Waals surface area contributed by atoms with Gasteiger partial charge in [-0.1, -0.05) is 25.9 Å². The third-order valence-corrected chi connectivity index (χ3v) is 5.52. The zero-order valence-electron chi connectivity index (χ0n) is 18.6. The molecule has 0 radical (unpaired) electrons. The van der Waals surface area contributed by atoms with Crippen molar-refractivity contribution >= 4 is 34.0 Å². The van der Waals surface area contributed by atoms with Crippen LogP contribution in [-0.2, 0) is 16.6 Å². The van der Waals surface area contributed by atoms with E-state index in [1.54, 1.807) is 30.5 Å². The molecule has 2 N–H and O–H groups in total. The molecule has 3 aromatic heterocycles. The van der Waals surface area contributed by atoms with Gasteiger partial charge in [-0.15, -0.1) is 11.3 Å².